The molecule has 2 aliphatic rings. The number of esters is 1. The molecular weight excluding hydrogens is 476 g/mol. The van der Waals surface area contributed by atoms with E-state index >= 15 is 0 Å². The van der Waals surface area contributed by atoms with E-state index in [1.807, 2.05) is 30.3 Å². The van der Waals surface area contributed by atoms with Crippen molar-refractivity contribution < 1.29 is 39.1 Å². The van der Waals surface area contributed by atoms with Crippen molar-refractivity contribution in [2.24, 2.45) is 5.92 Å². The molecule has 3 N–H and O–H groups in total. The van der Waals surface area contributed by atoms with E-state index in [4.69, 9.17) is 24.1 Å². The standard InChI is InChI=1S/C29H30O8/c1-34-20-11-9-19(10-12-20)29-25(18-7-4-3-5-8-18)24(27(32)35-2)26(31)28(29,33)22-14-13-21(17-23(22)37-29)36-16-6-15-30/h3-5,7-14,17,24-26,30-31,33H,6,15-16H2,1-2H3/t24-,25-,26-,28+,29+/m1/s1. The third-order valence-electron chi connectivity index (χ3n) is 7.49. The second-order valence-corrected chi connectivity index (χ2v) is 9.30. The van der Waals surface area contributed by atoms with E-state index in [-0.39, 0.29) is 6.61 Å². The van der Waals surface area contributed by atoms with Gasteiger partial charge in [0.25, 0.3) is 0 Å². The summed E-state index contributed by atoms with van der Waals surface area (Å²) in [4.78, 5) is 13.2. The van der Waals surface area contributed by atoms with Crippen LogP contribution in [0.2, 0.25) is 0 Å². The monoisotopic (exact) mass is 506 g/mol. The first-order chi connectivity index (χ1) is 17.9. The zero-order valence-corrected chi connectivity index (χ0v) is 20.7. The number of carbonyl (C=O) groups excluding carboxylic acids is 1. The van der Waals surface area contributed by atoms with Crippen LogP contribution in [-0.2, 0) is 20.7 Å². The molecule has 1 heterocycles. The molecule has 0 saturated heterocycles. The van der Waals surface area contributed by atoms with Crippen LogP contribution in [0, 0.1) is 5.92 Å². The molecule has 37 heavy (non-hydrogen) atoms. The molecule has 8 heteroatoms. The number of rotatable bonds is 8. The van der Waals surface area contributed by atoms with Crippen LogP contribution in [0.4, 0.5) is 0 Å². The molecule has 8 nitrogen and oxygen atoms in total. The van der Waals surface area contributed by atoms with Crippen LogP contribution in [0.25, 0.3) is 0 Å². The largest absolute Gasteiger partial charge is 0.497 e. The van der Waals surface area contributed by atoms with Gasteiger partial charge >= 0.3 is 5.97 Å². The van der Waals surface area contributed by atoms with Crippen molar-refractivity contribution in [2.45, 2.75) is 29.6 Å². The Morgan fingerprint density at radius 3 is 2.35 bits per heavy atom. The number of methoxy groups -OCH3 is 2. The van der Waals surface area contributed by atoms with E-state index in [2.05, 4.69) is 0 Å². The van der Waals surface area contributed by atoms with Crippen LogP contribution in [0.15, 0.2) is 72.8 Å². The molecule has 0 aromatic heterocycles. The minimum Gasteiger partial charge on any atom is -0.497 e. The minimum absolute atomic E-state index is 0.00162. The van der Waals surface area contributed by atoms with Gasteiger partial charge in [0.2, 0.25) is 0 Å². The number of hydrogen-bond acceptors (Lipinski definition) is 8. The summed E-state index contributed by atoms with van der Waals surface area (Å²) in [6, 6.07) is 21.3. The van der Waals surface area contributed by atoms with Gasteiger partial charge in [0.15, 0.2) is 11.2 Å². The van der Waals surface area contributed by atoms with Gasteiger partial charge in [-0.15, -0.1) is 0 Å². The molecule has 1 aliphatic carbocycles. The molecule has 0 radical (unpaired) electrons. The average molecular weight is 507 g/mol. The minimum atomic E-state index is -2.00. The van der Waals surface area contributed by atoms with Crippen molar-refractivity contribution in [3.05, 3.63) is 89.5 Å². The summed E-state index contributed by atoms with van der Waals surface area (Å²) in [5.41, 5.74) is -1.96. The molecule has 3 aromatic carbocycles. The maximum Gasteiger partial charge on any atom is 0.312 e. The lowest BCUT2D eigenvalue weighted by Crippen LogP contribution is -2.52. The summed E-state index contributed by atoms with van der Waals surface area (Å²) >= 11 is 0. The molecule has 0 amide bonds. The Balaban J connectivity index is 1.75. The summed E-state index contributed by atoms with van der Waals surface area (Å²) < 4.78 is 22.9. The van der Waals surface area contributed by atoms with Gasteiger partial charge in [-0.25, -0.2) is 0 Å². The van der Waals surface area contributed by atoms with Crippen molar-refractivity contribution in [1.82, 2.24) is 0 Å². The highest BCUT2D eigenvalue weighted by Crippen LogP contribution is 2.68. The number of ether oxygens (including phenoxy) is 4. The highest BCUT2D eigenvalue weighted by Gasteiger charge is 2.77. The third-order valence-corrected chi connectivity index (χ3v) is 7.49. The van der Waals surface area contributed by atoms with Gasteiger partial charge in [-0.2, -0.15) is 0 Å². The van der Waals surface area contributed by atoms with Crippen molar-refractivity contribution in [3.8, 4) is 17.2 Å². The summed E-state index contributed by atoms with van der Waals surface area (Å²) in [5, 5.41) is 33.4. The van der Waals surface area contributed by atoms with Crippen LogP contribution in [0.1, 0.15) is 29.0 Å². The van der Waals surface area contributed by atoms with Crippen LogP contribution in [0.3, 0.4) is 0 Å². The van der Waals surface area contributed by atoms with Gasteiger partial charge < -0.3 is 34.3 Å². The molecule has 0 unspecified atom stereocenters. The van der Waals surface area contributed by atoms with E-state index in [0.717, 1.165) is 0 Å². The van der Waals surface area contributed by atoms with Crippen LogP contribution >= 0.6 is 0 Å². The van der Waals surface area contributed by atoms with E-state index in [0.29, 0.717) is 47.0 Å². The number of benzene rings is 3. The molecule has 0 spiro atoms. The van der Waals surface area contributed by atoms with Gasteiger partial charge in [0.1, 0.15) is 23.4 Å². The predicted octanol–water partition coefficient (Wildman–Crippen LogP) is 2.88. The summed E-state index contributed by atoms with van der Waals surface area (Å²) in [6.07, 6.45) is -1.08. The zero-order chi connectivity index (χ0) is 26.2. The summed E-state index contributed by atoms with van der Waals surface area (Å²) in [5.74, 6) is -1.13. The van der Waals surface area contributed by atoms with Gasteiger partial charge in [-0.3, -0.25) is 4.79 Å². The second kappa shape index (κ2) is 9.70. The third kappa shape index (κ3) is 3.67. The fraction of sp³-hybridized carbons (Fsp3) is 0.345. The maximum absolute atomic E-state index is 13.2. The number of aliphatic hydroxyl groups excluding tert-OH is 2. The molecule has 3 aromatic rings. The van der Waals surface area contributed by atoms with E-state index in [1.165, 1.54) is 7.11 Å². The van der Waals surface area contributed by atoms with Crippen LogP contribution < -0.4 is 14.2 Å². The molecule has 5 rings (SSSR count). The molecule has 1 fully saturated rings. The normalized spacial score (nSPS) is 27.6. The Hall–Kier alpha value is -3.59. The Bertz CT molecular complexity index is 1260. The van der Waals surface area contributed by atoms with Crippen molar-refractivity contribution >= 4 is 5.97 Å². The highest BCUT2D eigenvalue weighted by molar-refractivity contribution is 5.78. The van der Waals surface area contributed by atoms with E-state index < -0.39 is 35.1 Å². The second-order valence-electron chi connectivity index (χ2n) is 9.30. The van der Waals surface area contributed by atoms with E-state index in [9.17, 15) is 15.0 Å². The fourth-order valence-corrected chi connectivity index (χ4v) is 5.87. The molecule has 194 valence electrons. The summed E-state index contributed by atoms with van der Waals surface area (Å²) in [6.45, 7) is 0.310. The number of fused-ring (bicyclic) bond motifs is 3. The first-order valence-corrected chi connectivity index (χ1v) is 12.2. The number of carbonyl (C=O) groups is 1. The van der Waals surface area contributed by atoms with Crippen LogP contribution in [-0.4, -0.2) is 54.8 Å². The van der Waals surface area contributed by atoms with Crippen molar-refractivity contribution in [1.29, 1.82) is 0 Å². The van der Waals surface area contributed by atoms with Crippen LogP contribution in [0.5, 0.6) is 17.2 Å². The fourth-order valence-electron chi connectivity index (χ4n) is 5.87. The molecule has 0 bridgehead atoms. The smallest absolute Gasteiger partial charge is 0.312 e. The SMILES string of the molecule is COC(=O)[C@H]1[C@@H](O)[C@@]2(O)c3ccc(OCCCO)cc3O[C@@]2(c2ccc(OC)cc2)[C@@H]1c1ccccc1. The molecule has 5 atom stereocenters. The lowest BCUT2D eigenvalue weighted by Gasteiger charge is -2.40. The predicted molar refractivity (Wildman–Crippen MR) is 134 cm³/mol. The first-order valence-electron chi connectivity index (χ1n) is 12.2. The Morgan fingerprint density at radius 2 is 1.70 bits per heavy atom. The average Bonchev–Trinajstić information content (AvgIpc) is 3.31. The van der Waals surface area contributed by atoms with Gasteiger partial charge in [0.05, 0.1) is 26.7 Å². The maximum atomic E-state index is 13.2. The highest BCUT2D eigenvalue weighted by atomic mass is 16.5. The lowest BCUT2D eigenvalue weighted by molar-refractivity contribution is -0.161. The molecular formula is C29H30O8. The quantitative estimate of drug-likeness (QED) is 0.316. The molecule has 1 aliphatic heterocycles. The Morgan fingerprint density at radius 1 is 1.00 bits per heavy atom. The Kier molecular flexibility index (Phi) is 6.58. The van der Waals surface area contributed by atoms with Gasteiger partial charge in [0, 0.05) is 30.6 Å². The Labute approximate surface area is 215 Å². The van der Waals surface area contributed by atoms with Crippen molar-refractivity contribution in [2.75, 3.05) is 27.4 Å². The molecule has 1 saturated carbocycles. The topological polar surface area (TPSA) is 115 Å². The number of aliphatic hydroxyl groups is 3. The zero-order valence-electron chi connectivity index (χ0n) is 20.7. The van der Waals surface area contributed by atoms with E-state index in [1.54, 1.807) is 49.6 Å². The van der Waals surface area contributed by atoms with Gasteiger partial charge in [-0.05, 0) is 35.4 Å². The first kappa shape index (κ1) is 25.1. The van der Waals surface area contributed by atoms with Crippen molar-refractivity contribution in [3.63, 3.8) is 0 Å². The number of hydrogen-bond donors (Lipinski definition) is 3. The van der Waals surface area contributed by atoms with Gasteiger partial charge in [-0.1, -0.05) is 42.5 Å². The lowest BCUT2D eigenvalue weighted by atomic mass is 9.70. The summed E-state index contributed by atoms with van der Waals surface area (Å²) in [7, 11) is 2.82.